The molecule has 14 nitrogen and oxygen atoms in total. The van der Waals surface area contributed by atoms with Crippen LogP contribution in [-0.2, 0) is 33.2 Å². The van der Waals surface area contributed by atoms with Crippen LogP contribution in [0.5, 0.6) is 0 Å². The molecule has 0 saturated carbocycles. The fourth-order valence-electron chi connectivity index (χ4n) is 7.06. The summed E-state index contributed by atoms with van der Waals surface area (Å²) in [4.78, 5) is 11.7. The van der Waals surface area contributed by atoms with E-state index in [0.717, 1.165) is 32.1 Å². The van der Waals surface area contributed by atoms with Crippen LogP contribution in [0.25, 0.3) is 0 Å². The van der Waals surface area contributed by atoms with Crippen molar-refractivity contribution in [2.45, 2.75) is 210 Å². The third-order valence-corrected chi connectivity index (χ3v) is 10.7. The van der Waals surface area contributed by atoms with Gasteiger partial charge >= 0.3 is 5.97 Å². The fraction of sp³-hybridized carbons (Fsp3) is 0.844. The van der Waals surface area contributed by atoms with Crippen molar-refractivity contribution in [2.24, 2.45) is 0 Å². The minimum Gasteiger partial charge on any atom is -0.458 e. The Kier molecular flexibility index (Phi) is 30.6. The van der Waals surface area contributed by atoms with Crippen molar-refractivity contribution in [3.8, 4) is 0 Å². The maximum absolute atomic E-state index is 11.7. The smallest absolute Gasteiger partial charge is 0.303 e. The zero-order valence-electron chi connectivity index (χ0n) is 36.0. The van der Waals surface area contributed by atoms with Gasteiger partial charge in [0.15, 0.2) is 12.6 Å². The highest BCUT2D eigenvalue weighted by molar-refractivity contribution is 5.66. The van der Waals surface area contributed by atoms with Gasteiger partial charge in [-0.25, -0.2) is 0 Å². The molecule has 2 rings (SSSR count). The van der Waals surface area contributed by atoms with Gasteiger partial charge in [-0.05, 0) is 44.9 Å². The van der Waals surface area contributed by atoms with Crippen LogP contribution in [0, 0.1) is 0 Å². The molecule has 0 spiro atoms. The van der Waals surface area contributed by atoms with E-state index in [9.17, 15) is 40.5 Å². The van der Waals surface area contributed by atoms with Crippen LogP contribution in [0.1, 0.15) is 142 Å². The van der Waals surface area contributed by atoms with Crippen molar-refractivity contribution in [3.63, 3.8) is 0 Å². The topological polar surface area (TPSA) is 214 Å². The Morgan fingerprint density at radius 1 is 0.559 bits per heavy atom. The summed E-state index contributed by atoms with van der Waals surface area (Å²) < 4.78 is 33.1. The Morgan fingerprint density at radius 2 is 1.02 bits per heavy atom. The van der Waals surface area contributed by atoms with Crippen LogP contribution >= 0.6 is 0 Å². The van der Waals surface area contributed by atoms with Crippen molar-refractivity contribution in [1.29, 1.82) is 0 Å². The monoisotopic (exact) mass is 845 g/mol. The molecule has 11 unspecified atom stereocenters. The van der Waals surface area contributed by atoms with Gasteiger partial charge in [0.05, 0.1) is 26.4 Å². The zero-order valence-corrected chi connectivity index (χ0v) is 36.0. The summed E-state index contributed by atoms with van der Waals surface area (Å²) in [5, 5.41) is 71.0. The van der Waals surface area contributed by atoms with E-state index in [0.29, 0.717) is 6.61 Å². The average molecular weight is 845 g/mol. The first-order valence-corrected chi connectivity index (χ1v) is 22.5. The van der Waals surface area contributed by atoms with Gasteiger partial charge in [-0.3, -0.25) is 4.79 Å². The first kappa shape index (κ1) is 53.3. The number of hydrogen-bond acceptors (Lipinski definition) is 14. The third-order valence-electron chi connectivity index (χ3n) is 10.7. The molecule has 2 aliphatic heterocycles. The van der Waals surface area contributed by atoms with Gasteiger partial charge in [-0.15, -0.1) is 0 Å². The minimum absolute atomic E-state index is 0.0439. The van der Waals surface area contributed by atoms with Crippen LogP contribution in [0.2, 0.25) is 0 Å². The molecule has 7 N–H and O–H groups in total. The molecule has 0 aromatic carbocycles. The normalized spacial score (nSPS) is 28.3. The summed E-state index contributed by atoms with van der Waals surface area (Å²) in [6.45, 7) is 2.65. The van der Waals surface area contributed by atoms with E-state index < -0.39 is 86.7 Å². The summed E-state index contributed by atoms with van der Waals surface area (Å²) in [6.07, 6.45) is 21.9. The molecule has 0 radical (unpaired) electrons. The van der Waals surface area contributed by atoms with E-state index in [-0.39, 0.29) is 13.2 Å². The predicted molar refractivity (Wildman–Crippen MR) is 224 cm³/mol. The van der Waals surface area contributed by atoms with Gasteiger partial charge in [0.1, 0.15) is 54.9 Å². The largest absolute Gasteiger partial charge is 0.458 e. The summed E-state index contributed by atoms with van der Waals surface area (Å²) in [5.74, 6) is -0.554. The van der Waals surface area contributed by atoms with Crippen LogP contribution < -0.4 is 0 Å². The van der Waals surface area contributed by atoms with E-state index in [1.165, 1.54) is 103 Å². The molecule has 11 atom stereocenters. The minimum atomic E-state index is -1.70. The van der Waals surface area contributed by atoms with Crippen molar-refractivity contribution in [3.05, 3.63) is 36.5 Å². The number of hydrogen-bond donors (Lipinski definition) is 7. The van der Waals surface area contributed by atoms with Crippen molar-refractivity contribution < 1.29 is 69.0 Å². The quantitative estimate of drug-likeness (QED) is 0.0256. The summed E-state index contributed by atoms with van der Waals surface area (Å²) in [7, 11) is 0. The van der Waals surface area contributed by atoms with Gasteiger partial charge < -0.3 is 64.2 Å². The highest BCUT2D eigenvalue weighted by Gasteiger charge is 2.47. The molecule has 0 amide bonds. The molecule has 14 heteroatoms. The van der Waals surface area contributed by atoms with Gasteiger partial charge in [0, 0.05) is 13.5 Å². The Hall–Kier alpha value is -1.79. The number of carbonyl (C=O) groups is 1. The second-order valence-corrected chi connectivity index (χ2v) is 16.0. The highest BCUT2D eigenvalue weighted by Crippen LogP contribution is 2.26. The SMILES string of the molecule is CCCCCCC/C=C\C/C=C\C/C=C\CCCCCCCCCCCCCOCC(COC1OC(COC2OC(CO)C(O)C(O)C2O)C(O)C(O)C1O)OC(C)=O. The Morgan fingerprint density at radius 3 is 1.54 bits per heavy atom. The molecule has 2 saturated heterocycles. The molecule has 0 bridgehead atoms. The number of rotatable bonds is 34. The lowest BCUT2D eigenvalue weighted by molar-refractivity contribution is -0.332. The van der Waals surface area contributed by atoms with Crippen LogP contribution in [0.4, 0.5) is 0 Å². The predicted octanol–water partition coefficient (Wildman–Crippen LogP) is 5.07. The number of esters is 1. The van der Waals surface area contributed by atoms with E-state index in [4.69, 9.17) is 28.4 Å². The molecule has 344 valence electrons. The molecular weight excluding hydrogens is 764 g/mol. The zero-order chi connectivity index (χ0) is 43.1. The number of unbranched alkanes of at least 4 members (excludes halogenated alkanes) is 16. The van der Waals surface area contributed by atoms with Crippen molar-refractivity contribution >= 4 is 5.97 Å². The van der Waals surface area contributed by atoms with Crippen LogP contribution in [0.15, 0.2) is 36.5 Å². The molecule has 2 aliphatic rings. The van der Waals surface area contributed by atoms with E-state index in [1.54, 1.807) is 0 Å². The molecule has 0 aliphatic carbocycles. The first-order chi connectivity index (χ1) is 28.6. The van der Waals surface area contributed by atoms with E-state index in [2.05, 4.69) is 43.4 Å². The van der Waals surface area contributed by atoms with E-state index in [1.807, 2.05) is 0 Å². The lowest BCUT2D eigenvalue weighted by Gasteiger charge is -2.42. The standard InChI is InChI=1S/C45H80O14/c1-3-4-5-6-7-8-9-10-11-12-13-14-15-16-17-18-19-20-21-22-23-24-25-26-27-28-29-54-31-35(57-34(2)47)32-55-44-43(53)41(51)39(49)37(59-44)33-56-45-42(52)40(50)38(48)36(30-46)58-45/h9-10,12-13,15-16,35-46,48-53H,3-8,11,14,17-33H2,1-2H3/b10-9-,13-12-,16-15-. The second-order valence-electron chi connectivity index (χ2n) is 16.0. The molecule has 2 fully saturated rings. The average Bonchev–Trinajstić information content (AvgIpc) is 3.22. The van der Waals surface area contributed by atoms with Crippen molar-refractivity contribution in [1.82, 2.24) is 0 Å². The number of ether oxygens (including phenoxy) is 6. The lowest BCUT2D eigenvalue weighted by Crippen LogP contribution is -2.61. The van der Waals surface area contributed by atoms with Gasteiger partial charge in [-0.2, -0.15) is 0 Å². The molecule has 59 heavy (non-hydrogen) atoms. The Bertz CT molecular complexity index is 1120. The van der Waals surface area contributed by atoms with Crippen LogP contribution in [-0.4, -0.2) is 142 Å². The molecular formula is C45H80O14. The lowest BCUT2D eigenvalue weighted by atomic mass is 9.98. The maximum atomic E-state index is 11.7. The maximum Gasteiger partial charge on any atom is 0.303 e. The van der Waals surface area contributed by atoms with Crippen LogP contribution in [0.3, 0.4) is 0 Å². The third kappa shape index (κ3) is 23.3. The molecule has 0 aromatic rings. The molecule has 0 aromatic heterocycles. The first-order valence-electron chi connectivity index (χ1n) is 22.5. The summed E-state index contributed by atoms with van der Waals surface area (Å²) in [5.41, 5.74) is 0. The van der Waals surface area contributed by atoms with Gasteiger partial charge in [0.2, 0.25) is 0 Å². The van der Waals surface area contributed by atoms with E-state index >= 15 is 0 Å². The Labute approximate surface area is 353 Å². The summed E-state index contributed by atoms with van der Waals surface area (Å²) in [6, 6.07) is 0. The second kappa shape index (κ2) is 33.8. The van der Waals surface area contributed by atoms with Gasteiger partial charge in [0.25, 0.3) is 0 Å². The highest BCUT2D eigenvalue weighted by atomic mass is 16.7. The fourth-order valence-corrected chi connectivity index (χ4v) is 7.06. The molecule has 2 heterocycles. The summed E-state index contributed by atoms with van der Waals surface area (Å²) >= 11 is 0. The number of aliphatic hydroxyl groups excluding tert-OH is 7. The Balaban J connectivity index is 1.49. The van der Waals surface area contributed by atoms with Gasteiger partial charge in [-0.1, -0.05) is 127 Å². The number of carbonyl (C=O) groups excluding carboxylic acids is 1. The number of aliphatic hydroxyl groups is 7. The number of allylic oxidation sites excluding steroid dienone is 6. The van der Waals surface area contributed by atoms with Crippen molar-refractivity contribution in [2.75, 3.05) is 33.0 Å².